The van der Waals surface area contributed by atoms with Gasteiger partial charge in [0.15, 0.2) is 5.78 Å². The van der Waals surface area contributed by atoms with Crippen LogP contribution in [0.1, 0.15) is 24.2 Å². The molecule has 112 valence electrons. The molecule has 0 saturated carbocycles. The first-order valence-electron chi connectivity index (χ1n) is 6.72. The lowest BCUT2D eigenvalue weighted by Gasteiger charge is -2.13. The summed E-state index contributed by atoms with van der Waals surface area (Å²) in [7, 11) is 3.89. The van der Waals surface area contributed by atoms with Gasteiger partial charge in [0.25, 0.3) is 0 Å². The van der Waals surface area contributed by atoms with E-state index in [2.05, 4.69) is 0 Å². The summed E-state index contributed by atoms with van der Waals surface area (Å²) in [5.41, 5.74) is 2.44. The number of carbonyl (C=O) groups is 2. The lowest BCUT2D eigenvalue weighted by molar-refractivity contribution is -0.131. The fourth-order valence-electron chi connectivity index (χ4n) is 1.92. The molecule has 0 fully saturated rings. The third-order valence-corrected chi connectivity index (χ3v) is 3.08. The van der Waals surface area contributed by atoms with Gasteiger partial charge in [-0.25, -0.2) is 4.79 Å². The van der Waals surface area contributed by atoms with Crippen LogP contribution >= 0.6 is 0 Å². The van der Waals surface area contributed by atoms with Crippen molar-refractivity contribution in [3.05, 3.63) is 53.6 Å². The molecule has 0 amide bonds. The maximum absolute atomic E-state index is 12.3. The fourth-order valence-corrected chi connectivity index (χ4v) is 1.92. The first-order valence-corrected chi connectivity index (χ1v) is 6.72. The molecule has 1 aromatic carbocycles. The molecule has 0 aromatic heterocycles. The number of carbonyl (C=O) groups excluding carboxylic acids is 1. The van der Waals surface area contributed by atoms with Crippen molar-refractivity contribution in [1.82, 2.24) is 0 Å². The molecular formula is C17H21NO3. The Kier molecular flexibility index (Phi) is 5.91. The number of hydrogen-bond donors (Lipinski definition) is 1. The summed E-state index contributed by atoms with van der Waals surface area (Å²) in [5.74, 6) is -1.28. The molecule has 0 heterocycles. The second kappa shape index (κ2) is 7.43. The van der Waals surface area contributed by atoms with Gasteiger partial charge in [-0.3, -0.25) is 4.79 Å². The maximum atomic E-state index is 12.3. The Morgan fingerprint density at radius 1 is 1.14 bits per heavy atom. The number of benzene rings is 1. The number of ketones is 1. The summed E-state index contributed by atoms with van der Waals surface area (Å²) in [6, 6.07) is 7.43. The van der Waals surface area contributed by atoms with Crippen LogP contribution in [0, 0.1) is 5.92 Å². The predicted octanol–water partition coefficient (Wildman–Crippen LogP) is 3.16. The van der Waals surface area contributed by atoms with E-state index in [1.54, 1.807) is 19.9 Å². The van der Waals surface area contributed by atoms with E-state index in [-0.39, 0.29) is 11.7 Å². The third-order valence-electron chi connectivity index (χ3n) is 3.08. The van der Waals surface area contributed by atoms with Crippen LogP contribution in [0.15, 0.2) is 48.1 Å². The highest BCUT2D eigenvalue weighted by atomic mass is 16.4. The lowest BCUT2D eigenvalue weighted by atomic mass is 9.97. The molecule has 0 bridgehead atoms. The molecule has 4 nitrogen and oxygen atoms in total. The largest absolute Gasteiger partial charge is 0.478 e. The predicted molar refractivity (Wildman–Crippen MR) is 84.8 cm³/mol. The van der Waals surface area contributed by atoms with Crippen LogP contribution in [0.4, 0.5) is 5.69 Å². The van der Waals surface area contributed by atoms with E-state index in [0.29, 0.717) is 5.56 Å². The first kappa shape index (κ1) is 16.7. The van der Waals surface area contributed by atoms with Crippen LogP contribution in [0.3, 0.4) is 0 Å². The van der Waals surface area contributed by atoms with E-state index in [0.717, 1.165) is 17.3 Å². The van der Waals surface area contributed by atoms with Gasteiger partial charge < -0.3 is 10.0 Å². The van der Waals surface area contributed by atoms with Gasteiger partial charge in [0.1, 0.15) is 0 Å². The molecule has 0 aliphatic heterocycles. The van der Waals surface area contributed by atoms with Crippen molar-refractivity contribution in [2.45, 2.75) is 13.8 Å². The van der Waals surface area contributed by atoms with Crippen LogP contribution in [-0.4, -0.2) is 31.0 Å². The van der Waals surface area contributed by atoms with Crippen molar-refractivity contribution in [3.63, 3.8) is 0 Å². The zero-order valence-electron chi connectivity index (χ0n) is 12.8. The van der Waals surface area contributed by atoms with Gasteiger partial charge in [0.05, 0.1) is 0 Å². The standard InChI is InChI=1S/C17H21NO3/c1-12(5-10-16(19)20)11-13(2)17(21)14-6-8-15(9-7-14)18(3)4/h5-11,13H,1-4H3,(H,19,20)/b10-5+,12-11-/t13-/m1/s1. The Morgan fingerprint density at radius 2 is 1.71 bits per heavy atom. The van der Waals surface area contributed by atoms with Crippen LogP contribution in [-0.2, 0) is 4.79 Å². The van der Waals surface area contributed by atoms with Gasteiger partial charge in [-0.2, -0.15) is 0 Å². The average Bonchev–Trinajstić information content (AvgIpc) is 2.44. The molecule has 0 aliphatic rings. The van der Waals surface area contributed by atoms with E-state index in [1.165, 1.54) is 6.08 Å². The number of Topliss-reactive ketones (excluding diaryl/α,β-unsaturated/α-hetero) is 1. The summed E-state index contributed by atoms with van der Waals surface area (Å²) in [5, 5.41) is 8.57. The molecule has 1 atom stereocenters. The van der Waals surface area contributed by atoms with Gasteiger partial charge in [-0.15, -0.1) is 0 Å². The highest BCUT2D eigenvalue weighted by Crippen LogP contribution is 2.16. The van der Waals surface area contributed by atoms with Crippen molar-refractivity contribution in [2.75, 3.05) is 19.0 Å². The number of hydrogen-bond acceptors (Lipinski definition) is 3. The zero-order chi connectivity index (χ0) is 16.0. The minimum absolute atomic E-state index is 0.0170. The van der Waals surface area contributed by atoms with Gasteiger partial charge in [0, 0.05) is 37.3 Å². The van der Waals surface area contributed by atoms with E-state index in [9.17, 15) is 9.59 Å². The van der Waals surface area contributed by atoms with Gasteiger partial charge in [0.2, 0.25) is 0 Å². The Hall–Kier alpha value is -2.36. The van der Waals surface area contributed by atoms with Crippen LogP contribution in [0.25, 0.3) is 0 Å². The van der Waals surface area contributed by atoms with Crippen molar-refractivity contribution in [1.29, 1.82) is 0 Å². The Morgan fingerprint density at radius 3 is 2.19 bits per heavy atom. The minimum Gasteiger partial charge on any atom is -0.478 e. The van der Waals surface area contributed by atoms with Crippen LogP contribution < -0.4 is 4.90 Å². The molecule has 0 unspecified atom stereocenters. The fraction of sp³-hybridized carbons (Fsp3) is 0.294. The third kappa shape index (κ3) is 5.26. The quantitative estimate of drug-likeness (QED) is 0.496. The Labute approximate surface area is 125 Å². The molecule has 1 N–H and O–H groups in total. The van der Waals surface area contributed by atoms with Crippen molar-refractivity contribution in [3.8, 4) is 0 Å². The zero-order valence-corrected chi connectivity index (χ0v) is 12.8. The lowest BCUT2D eigenvalue weighted by Crippen LogP contribution is -2.11. The molecule has 1 rings (SSSR count). The highest BCUT2D eigenvalue weighted by Gasteiger charge is 2.13. The summed E-state index contributed by atoms with van der Waals surface area (Å²) in [6.07, 6.45) is 4.32. The topological polar surface area (TPSA) is 57.6 Å². The SMILES string of the molecule is CC(=C/[C@@H](C)C(=O)c1ccc(N(C)C)cc1)/C=C/C(=O)O. The summed E-state index contributed by atoms with van der Waals surface area (Å²) in [6.45, 7) is 3.58. The summed E-state index contributed by atoms with van der Waals surface area (Å²) in [4.78, 5) is 24.7. The Bertz CT molecular complexity index is 568. The van der Waals surface area contributed by atoms with Crippen molar-refractivity contribution < 1.29 is 14.7 Å². The van der Waals surface area contributed by atoms with Gasteiger partial charge in [-0.1, -0.05) is 24.6 Å². The number of nitrogens with zero attached hydrogens (tertiary/aromatic N) is 1. The highest BCUT2D eigenvalue weighted by molar-refractivity contribution is 5.99. The second-order valence-corrected chi connectivity index (χ2v) is 5.18. The summed E-state index contributed by atoms with van der Waals surface area (Å²) >= 11 is 0. The second-order valence-electron chi connectivity index (χ2n) is 5.18. The smallest absolute Gasteiger partial charge is 0.328 e. The molecule has 21 heavy (non-hydrogen) atoms. The van der Waals surface area contributed by atoms with E-state index in [1.807, 2.05) is 43.3 Å². The molecule has 0 aliphatic carbocycles. The maximum Gasteiger partial charge on any atom is 0.328 e. The van der Waals surface area contributed by atoms with E-state index < -0.39 is 5.97 Å². The van der Waals surface area contributed by atoms with E-state index >= 15 is 0 Å². The van der Waals surface area contributed by atoms with Crippen molar-refractivity contribution >= 4 is 17.4 Å². The van der Waals surface area contributed by atoms with Crippen LogP contribution in [0.2, 0.25) is 0 Å². The molecular weight excluding hydrogens is 266 g/mol. The minimum atomic E-state index is -0.999. The molecule has 0 radical (unpaired) electrons. The first-order chi connectivity index (χ1) is 9.81. The number of anilines is 1. The number of rotatable bonds is 6. The molecule has 0 saturated heterocycles. The van der Waals surface area contributed by atoms with Crippen molar-refractivity contribution in [2.24, 2.45) is 5.92 Å². The van der Waals surface area contributed by atoms with Gasteiger partial charge >= 0.3 is 5.97 Å². The molecule has 0 spiro atoms. The Balaban J connectivity index is 2.82. The van der Waals surface area contributed by atoms with Gasteiger partial charge in [-0.05, 0) is 31.2 Å². The molecule has 4 heteroatoms. The average molecular weight is 287 g/mol. The normalized spacial score (nSPS) is 13.2. The molecule has 1 aromatic rings. The monoisotopic (exact) mass is 287 g/mol. The number of carboxylic acids is 1. The number of aliphatic carboxylic acids is 1. The number of allylic oxidation sites excluding steroid dienone is 3. The number of carboxylic acid groups (broad SMARTS) is 1. The van der Waals surface area contributed by atoms with E-state index in [4.69, 9.17) is 5.11 Å². The van der Waals surface area contributed by atoms with Crippen LogP contribution in [0.5, 0.6) is 0 Å². The summed E-state index contributed by atoms with van der Waals surface area (Å²) < 4.78 is 0.